The first-order chi connectivity index (χ1) is 10.8. The molecule has 124 valence electrons. The molecule has 1 aliphatic rings. The Hall–Kier alpha value is -1.25. The summed E-state index contributed by atoms with van der Waals surface area (Å²) >= 11 is 0. The van der Waals surface area contributed by atoms with Gasteiger partial charge in [-0.05, 0) is 25.0 Å². The van der Waals surface area contributed by atoms with Crippen LogP contribution in [0.2, 0.25) is 0 Å². The van der Waals surface area contributed by atoms with Gasteiger partial charge in [-0.25, -0.2) is 4.79 Å². The van der Waals surface area contributed by atoms with E-state index in [4.69, 9.17) is 4.74 Å². The molecular formula is C19H31NO2. The lowest BCUT2D eigenvalue weighted by Gasteiger charge is -2.24. The zero-order valence-corrected chi connectivity index (χ0v) is 14.1. The molecular weight excluding hydrogens is 274 g/mol. The minimum Gasteiger partial charge on any atom is -0.445 e. The lowest BCUT2D eigenvalue weighted by Crippen LogP contribution is -2.31. The summed E-state index contributed by atoms with van der Waals surface area (Å²) in [6.07, 6.45) is 17.0. The summed E-state index contributed by atoms with van der Waals surface area (Å²) in [6, 6.07) is 3.94. The van der Waals surface area contributed by atoms with Gasteiger partial charge in [0.1, 0.15) is 6.10 Å². The standard InChI is InChI=1S/C19H31NO2/c1-2-3-4-5-6-7-8-9-10-11-14-18-16-17-13-12-15-20(17)19(21)22-18/h12-13,15,18H,2-11,14,16H2,1H3. The number of cyclic esters (lactones) is 1. The summed E-state index contributed by atoms with van der Waals surface area (Å²) in [4.78, 5) is 11.8. The number of aromatic nitrogens is 1. The number of hydrogen-bond donors (Lipinski definition) is 0. The van der Waals surface area contributed by atoms with Crippen LogP contribution in [-0.4, -0.2) is 16.8 Å². The highest BCUT2D eigenvalue weighted by molar-refractivity contribution is 5.72. The van der Waals surface area contributed by atoms with Crippen molar-refractivity contribution in [1.29, 1.82) is 0 Å². The molecule has 0 aliphatic carbocycles. The van der Waals surface area contributed by atoms with Crippen LogP contribution in [0, 0.1) is 0 Å². The third-order valence-corrected chi connectivity index (χ3v) is 4.61. The zero-order valence-electron chi connectivity index (χ0n) is 14.1. The quantitative estimate of drug-likeness (QED) is 0.490. The lowest BCUT2D eigenvalue weighted by molar-refractivity contribution is 0.0786. The first kappa shape index (κ1) is 17.1. The summed E-state index contributed by atoms with van der Waals surface area (Å²) in [5.41, 5.74) is 1.09. The third-order valence-electron chi connectivity index (χ3n) is 4.61. The van der Waals surface area contributed by atoms with Gasteiger partial charge in [0.05, 0.1) is 0 Å². The SMILES string of the molecule is CCCCCCCCCCCCC1Cc2cccn2C(=O)O1. The zero-order chi connectivity index (χ0) is 15.6. The van der Waals surface area contributed by atoms with Gasteiger partial charge in [-0.1, -0.05) is 64.7 Å². The number of carbonyl (C=O) groups excluding carboxylic acids is 1. The van der Waals surface area contributed by atoms with Crippen LogP contribution in [0.1, 0.15) is 83.2 Å². The maximum atomic E-state index is 11.8. The van der Waals surface area contributed by atoms with E-state index in [9.17, 15) is 4.79 Å². The van der Waals surface area contributed by atoms with Crippen molar-refractivity contribution < 1.29 is 9.53 Å². The molecule has 0 spiro atoms. The predicted octanol–water partition coefficient (Wildman–Crippen LogP) is 5.71. The number of carbonyl (C=O) groups is 1. The molecule has 2 heterocycles. The van der Waals surface area contributed by atoms with E-state index in [1.165, 1.54) is 64.2 Å². The van der Waals surface area contributed by atoms with Gasteiger partial charge < -0.3 is 4.74 Å². The van der Waals surface area contributed by atoms with Crippen LogP contribution < -0.4 is 0 Å². The molecule has 1 aliphatic heterocycles. The Labute approximate surface area is 135 Å². The largest absolute Gasteiger partial charge is 0.445 e. The normalized spacial score (nSPS) is 17.3. The fourth-order valence-corrected chi connectivity index (χ4v) is 3.26. The number of fused-ring (bicyclic) bond motifs is 1. The fraction of sp³-hybridized carbons (Fsp3) is 0.737. The van der Waals surface area contributed by atoms with Crippen LogP contribution in [0.4, 0.5) is 4.79 Å². The summed E-state index contributed by atoms with van der Waals surface area (Å²) < 4.78 is 7.10. The van der Waals surface area contributed by atoms with E-state index in [-0.39, 0.29) is 12.2 Å². The molecule has 0 amide bonds. The Bertz CT molecular complexity index is 438. The molecule has 22 heavy (non-hydrogen) atoms. The Morgan fingerprint density at radius 3 is 2.36 bits per heavy atom. The molecule has 1 aromatic rings. The molecule has 2 rings (SSSR count). The van der Waals surface area contributed by atoms with Gasteiger partial charge in [0, 0.05) is 18.3 Å². The lowest BCUT2D eigenvalue weighted by atomic mass is 10.0. The second kappa shape index (κ2) is 9.70. The Morgan fingerprint density at radius 2 is 1.68 bits per heavy atom. The van der Waals surface area contributed by atoms with Crippen LogP contribution in [0.3, 0.4) is 0 Å². The van der Waals surface area contributed by atoms with Crippen molar-refractivity contribution in [3.05, 3.63) is 24.0 Å². The topological polar surface area (TPSA) is 31.2 Å². The monoisotopic (exact) mass is 305 g/mol. The second-order valence-electron chi connectivity index (χ2n) is 6.55. The van der Waals surface area contributed by atoms with Gasteiger partial charge in [0.25, 0.3) is 0 Å². The first-order valence-corrected chi connectivity index (χ1v) is 9.18. The van der Waals surface area contributed by atoms with E-state index in [0.717, 1.165) is 18.5 Å². The molecule has 0 radical (unpaired) electrons. The molecule has 0 aromatic carbocycles. The first-order valence-electron chi connectivity index (χ1n) is 9.18. The molecule has 0 saturated heterocycles. The van der Waals surface area contributed by atoms with Crippen LogP contribution >= 0.6 is 0 Å². The number of ether oxygens (including phenoxy) is 1. The Balaban J connectivity index is 1.47. The van der Waals surface area contributed by atoms with Gasteiger partial charge in [-0.15, -0.1) is 0 Å². The van der Waals surface area contributed by atoms with E-state index in [2.05, 4.69) is 6.92 Å². The highest BCUT2D eigenvalue weighted by atomic mass is 16.6. The van der Waals surface area contributed by atoms with Gasteiger partial charge >= 0.3 is 6.09 Å². The van der Waals surface area contributed by atoms with Gasteiger partial charge in [0.15, 0.2) is 0 Å². The van der Waals surface area contributed by atoms with Crippen molar-refractivity contribution in [2.24, 2.45) is 0 Å². The average Bonchev–Trinajstić information content (AvgIpc) is 2.98. The molecule has 3 nitrogen and oxygen atoms in total. The minimum absolute atomic E-state index is 0.0870. The molecule has 0 N–H and O–H groups in total. The van der Waals surface area contributed by atoms with E-state index in [1.807, 2.05) is 12.1 Å². The van der Waals surface area contributed by atoms with Gasteiger partial charge in [0.2, 0.25) is 0 Å². The van der Waals surface area contributed by atoms with Crippen LogP contribution in [0.25, 0.3) is 0 Å². The fourth-order valence-electron chi connectivity index (χ4n) is 3.26. The number of nitrogens with zero attached hydrogens (tertiary/aromatic N) is 1. The summed E-state index contributed by atoms with van der Waals surface area (Å²) in [5.74, 6) is 0. The van der Waals surface area contributed by atoms with Crippen LogP contribution in [0.5, 0.6) is 0 Å². The summed E-state index contributed by atoms with van der Waals surface area (Å²) in [6.45, 7) is 2.26. The van der Waals surface area contributed by atoms with Crippen molar-refractivity contribution in [3.8, 4) is 0 Å². The molecule has 1 aromatic heterocycles. The highest BCUT2D eigenvalue weighted by Gasteiger charge is 2.24. The average molecular weight is 305 g/mol. The minimum atomic E-state index is -0.205. The van der Waals surface area contributed by atoms with Crippen molar-refractivity contribution in [3.63, 3.8) is 0 Å². The molecule has 0 fully saturated rings. The third kappa shape index (κ3) is 5.51. The smallest absolute Gasteiger partial charge is 0.418 e. The van der Waals surface area contributed by atoms with Crippen LogP contribution in [0.15, 0.2) is 18.3 Å². The second-order valence-corrected chi connectivity index (χ2v) is 6.55. The van der Waals surface area contributed by atoms with E-state index >= 15 is 0 Å². The number of unbranched alkanes of at least 4 members (excludes halogenated alkanes) is 9. The van der Waals surface area contributed by atoms with Crippen molar-refractivity contribution >= 4 is 6.09 Å². The van der Waals surface area contributed by atoms with Crippen LogP contribution in [-0.2, 0) is 11.2 Å². The number of hydrogen-bond acceptors (Lipinski definition) is 2. The van der Waals surface area contributed by atoms with E-state index in [0.29, 0.717) is 0 Å². The van der Waals surface area contributed by atoms with E-state index in [1.54, 1.807) is 10.8 Å². The summed E-state index contributed by atoms with van der Waals surface area (Å²) in [7, 11) is 0. The van der Waals surface area contributed by atoms with Gasteiger partial charge in [-0.2, -0.15) is 0 Å². The summed E-state index contributed by atoms with van der Waals surface area (Å²) in [5, 5.41) is 0. The highest BCUT2D eigenvalue weighted by Crippen LogP contribution is 2.20. The Kier molecular flexibility index (Phi) is 7.55. The Morgan fingerprint density at radius 1 is 1.05 bits per heavy atom. The van der Waals surface area contributed by atoms with Crippen molar-refractivity contribution in [2.45, 2.75) is 90.1 Å². The molecule has 1 atom stereocenters. The maximum absolute atomic E-state index is 11.8. The van der Waals surface area contributed by atoms with Crippen molar-refractivity contribution in [2.75, 3.05) is 0 Å². The van der Waals surface area contributed by atoms with Gasteiger partial charge in [-0.3, -0.25) is 4.57 Å². The predicted molar refractivity (Wildman–Crippen MR) is 90.3 cm³/mol. The molecule has 1 unspecified atom stereocenters. The number of rotatable bonds is 11. The molecule has 3 heteroatoms. The molecule has 0 saturated carbocycles. The van der Waals surface area contributed by atoms with Crippen molar-refractivity contribution in [1.82, 2.24) is 4.57 Å². The maximum Gasteiger partial charge on any atom is 0.418 e. The van der Waals surface area contributed by atoms with E-state index < -0.39 is 0 Å². The molecule has 0 bridgehead atoms.